The fourth-order valence-corrected chi connectivity index (χ4v) is 1.99. The number of rotatable bonds is 6. The highest BCUT2D eigenvalue weighted by Gasteiger charge is 2.48. The first-order chi connectivity index (χ1) is 9.11. The number of carboxylic acids is 1. The molecule has 1 amide bonds. The highest BCUT2D eigenvalue weighted by molar-refractivity contribution is 5.89. The van der Waals surface area contributed by atoms with Gasteiger partial charge in [0.1, 0.15) is 5.75 Å². The van der Waals surface area contributed by atoms with E-state index in [0.717, 1.165) is 11.3 Å². The zero-order valence-electron chi connectivity index (χ0n) is 10.8. The van der Waals surface area contributed by atoms with Crippen LogP contribution in [-0.4, -0.2) is 23.6 Å². The Bertz CT molecular complexity index is 486. The molecule has 19 heavy (non-hydrogen) atoms. The monoisotopic (exact) mass is 263 g/mol. The average Bonchev–Trinajstić information content (AvgIpc) is 3.17. The molecular weight excluding hydrogens is 246 g/mol. The molecule has 2 N–H and O–H groups in total. The molecule has 0 radical (unpaired) electrons. The topological polar surface area (TPSA) is 75.6 Å². The largest absolute Gasteiger partial charge is 0.494 e. The van der Waals surface area contributed by atoms with Crippen molar-refractivity contribution in [2.24, 2.45) is 11.8 Å². The maximum absolute atomic E-state index is 11.7. The van der Waals surface area contributed by atoms with E-state index in [-0.39, 0.29) is 11.8 Å². The lowest BCUT2D eigenvalue weighted by atomic mass is 10.2. The van der Waals surface area contributed by atoms with Gasteiger partial charge in [-0.05, 0) is 31.0 Å². The lowest BCUT2D eigenvalue weighted by Crippen LogP contribution is -2.25. The van der Waals surface area contributed by atoms with Gasteiger partial charge in [0.25, 0.3) is 0 Å². The summed E-state index contributed by atoms with van der Waals surface area (Å²) in [5, 5.41) is 11.5. The molecule has 1 saturated carbocycles. The molecule has 5 nitrogen and oxygen atoms in total. The van der Waals surface area contributed by atoms with Gasteiger partial charge in [0.05, 0.1) is 18.4 Å². The van der Waals surface area contributed by atoms with Crippen molar-refractivity contribution in [1.82, 2.24) is 5.32 Å². The molecule has 1 aliphatic rings. The molecule has 0 unspecified atom stereocenters. The van der Waals surface area contributed by atoms with Gasteiger partial charge in [-0.2, -0.15) is 0 Å². The van der Waals surface area contributed by atoms with E-state index in [1.807, 2.05) is 31.2 Å². The smallest absolute Gasteiger partial charge is 0.307 e. The van der Waals surface area contributed by atoms with E-state index in [1.54, 1.807) is 0 Å². The second-order valence-electron chi connectivity index (χ2n) is 4.59. The predicted octanol–water partition coefficient (Wildman–Crippen LogP) is 1.42. The van der Waals surface area contributed by atoms with Crippen LogP contribution < -0.4 is 10.1 Å². The van der Waals surface area contributed by atoms with Crippen LogP contribution in [0.3, 0.4) is 0 Å². The first-order valence-corrected chi connectivity index (χ1v) is 6.34. The Hall–Kier alpha value is -2.04. The Morgan fingerprint density at radius 1 is 1.42 bits per heavy atom. The summed E-state index contributed by atoms with van der Waals surface area (Å²) < 4.78 is 5.37. The van der Waals surface area contributed by atoms with E-state index in [9.17, 15) is 9.59 Å². The second-order valence-corrected chi connectivity index (χ2v) is 4.59. The van der Waals surface area contributed by atoms with E-state index in [1.165, 1.54) is 0 Å². The van der Waals surface area contributed by atoms with Crippen LogP contribution in [0.5, 0.6) is 5.75 Å². The lowest BCUT2D eigenvalue weighted by molar-refractivity contribution is -0.140. The van der Waals surface area contributed by atoms with Gasteiger partial charge >= 0.3 is 5.97 Å². The fourth-order valence-electron chi connectivity index (χ4n) is 1.99. The molecule has 102 valence electrons. The summed E-state index contributed by atoms with van der Waals surface area (Å²) >= 11 is 0. The lowest BCUT2D eigenvalue weighted by Gasteiger charge is -2.07. The maximum atomic E-state index is 11.7. The first kappa shape index (κ1) is 13.4. The molecule has 0 aromatic heterocycles. The number of ether oxygens (including phenoxy) is 1. The third-order valence-electron chi connectivity index (χ3n) is 3.12. The van der Waals surface area contributed by atoms with Crippen molar-refractivity contribution in [2.75, 3.05) is 6.61 Å². The van der Waals surface area contributed by atoms with Crippen LogP contribution in [0.1, 0.15) is 18.9 Å². The summed E-state index contributed by atoms with van der Waals surface area (Å²) in [6.45, 7) is 2.90. The number of benzene rings is 1. The Balaban J connectivity index is 1.84. The molecular formula is C14H17NO4. The average molecular weight is 263 g/mol. The van der Waals surface area contributed by atoms with Gasteiger partial charge in [0.15, 0.2) is 0 Å². The summed E-state index contributed by atoms with van der Waals surface area (Å²) in [6.07, 6.45) is 0.445. The minimum atomic E-state index is -0.890. The third-order valence-corrected chi connectivity index (χ3v) is 3.12. The summed E-state index contributed by atoms with van der Waals surface area (Å²) in [5.74, 6) is -1.18. The molecule has 2 rings (SSSR count). The highest BCUT2D eigenvalue weighted by Crippen LogP contribution is 2.38. The molecule has 1 aromatic rings. The van der Waals surface area contributed by atoms with Gasteiger partial charge in [-0.15, -0.1) is 0 Å². The number of carboxylic acid groups (broad SMARTS) is 1. The van der Waals surface area contributed by atoms with Crippen LogP contribution in [0.4, 0.5) is 0 Å². The second kappa shape index (κ2) is 5.73. The van der Waals surface area contributed by atoms with Crippen LogP contribution in [-0.2, 0) is 16.1 Å². The minimum absolute atomic E-state index is 0.186. The normalized spacial score (nSPS) is 20.7. The van der Waals surface area contributed by atoms with Crippen LogP contribution in [0.2, 0.25) is 0 Å². The Morgan fingerprint density at radius 3 is 2.84 bits per heavy atom. The van der Waals surface area contributed by atoms with Gasteiger partial charge in [0.2, 0.25) is 5.91 Å². The first-order valence-electron chi connectivity index (χ1n) is 6.34. The molecule has 0 bridgehead atoms. The Morgan fingerprint density at radius 2 is 2.21 bits per heavy atom. The van der Waals surface area contributed by atoms with Crippen molar-refractivity contribution in [3.05, 3.63) is 29.8 Å². The van der Waals surface area contributed by atoms with Crippen LogP contribution >= 0.6 is 0 Å². The van der Waals surface area contributed by atoms with Crippen molar-refractivity contribution in [3.63, 3.8) is 0 Å². The number of carbonyl (C=O) groups excluding carboxylic acids is 1. The predicted molar refractivity (Wildman–Crippen MR) is 68.7 cm³/mol. The molecule has 1 aromatic carbocycles. The number of nitrogens with one attached hydrogen (secondary N) is 1. The van der Waals surface area contributed by atoms with Gasteiger partial charge in [-0.3, -0.25) is 9.59 Å². The maximum Gasteiger partial charge on any atom is 0.307 e. The number of amides is 1. The summed E-state index contributed by atoms with van der Waals surface area (Å²) in [6, 6.07) is 7.48. The quantitative estimate of drug-likeness (QED) is 0.814. The number of carbonyl (C=O) groups is 2. The fraction of sp³-hybridized carbons (Fsp3) is 0.429. The Labute approximate surface area is 111 Å². The van der Waals surface area contributed by atoms with Crippen LogP contribution in [0, 0.1) is 11.8 Å². The van der Waals surface area contributed by atoms with E-state index in [0.29, 0.717) is 19.6 Å². The summed E-state index contributed by atoms with van der Waals surface area (Å²) in [5.41, 5.74) is 0.937. The van der Waals surface area contributed by atoms with Crippen molar-refractivity contribution in [1.29, 1.82) is 0 Å². The van der Waals surface area contributed by atoms with Gasteiger partial charge in [-0.25, -0.2) is 0 Å². The SMILES string of the molecule is CCOc1cccc(CNC(=O)[C@@H]2C[C@H]2C(=O)O)c1. The molecule has 5 heteroatoms. The Kier molecular flexibility index (Phi) is 4.04. The van der Waals surface area contributed by atoms with Crippen LogP contribution in [0.15, 0.2) is 24.3 Å². The molecule has 1 fully saturated rings. The summed E-state index contributed by atoms with van der Waals surface area (Å²) in [7, 11) is 0. The van der Waals surface area contributed by atoms with E-state index >= 15 is 0 Å². The van der Waals surface area contributed by atoms with Crippen molar-refractivity contribution < 1.29 is 19.4 Å². The minimum Gasteiger partial charge on any atom is -0.494 e. The number of aliphatic carboxylic acids is 1. The van der Waals surface area contributed by atoms with Gasteiger partial charge < -0.3 is 15.2 Å². The van der Waals surface area contributed by atoms with E-state index < -0.39 is 11.9 Å². The standard InChI is InChI=1S/C14H17NO4/c1-2-19-10-5-3-4-9(6-10)8-15-13(16)11-7-12(11)14(17)18/h3-6,11-12H,2,7-8H2,1H3,(H,15,16)(H,17,18)/t11-,12-/m1/s1. The molecule has 0 aliphatic heterocycles. The van der Waals surface area contributed by atoms with Gasteiger partial charge in [-0.1, -0.05) is 12.1 Å². The van der Waals surface area contributed by atoms with Gasteiger partial charge in [0, 0.05) is 6.54 Å². The van der Waals surface area contributed by atoms with Crippen molar-refractivity contribution in [3.8, 4) is 5.75 Å². The van der Waals surface area contributed by atoms with E-state index in [4.69, 9.17) is 9.84 Å². The number of hydrogen-bond donors (Lipinski definition) is 2. The molecule has 1 aliphatic carbocycles. The zero-order chi connectivity index (χ0) is 13.8. The summed E-state index contributed by atoms with van der Waals surface area (Å²) in [4.78, 5) is 22.4. The molecule has 0 spiro atoms. The zero-order valence-corrected chi connectivity index (χ0v) is 10.8. The third kappa shape index (κ3) is 3.47. The molecule has 0 heterocycles. The van der Waals surface area contributed by atoms with E-state index in [2.05, 4.69) is 5.32 Å². The van der Waals surface area contributed by atoms with Crippen molar-refractivity contribution in [2.45, 2.75) is 19.9 Å². The molecule has 2 atom stereocenters. The molecule has 0 saturated heterocycles. The number of hydrogen-bond acceptors (Lipinski definition) is 3. The van der Waals surface area contributed by atoms with Crippen LogP contribution in [0.25, 0.3) is 0 Å². The van der Waals surface area contributed by atoms with Crippen molar-refractivity contribution >= 4 is 11.9 Å². The highest BCUT2D eigenvalue weighted by atomic mass is 16.5.